The first-order chi connectivity index (χ1) is 11.5. The Labute approximate surface area is 139 Å². The lowest BCUT2D eigenvalue weighted by Gasteiger charge is -2.12. The molecule has 0 fully saturated rings. The third kappa shape index (κ3) is 4.22. The van der Waals surface area contributed by atoms with Gasteiger partial charge in [-0.05, 0) is 36.8 Å². The Morgan fingerprint density at radius 1 is 1.17 bits per heavy atom. The van der Waals surface area contributed by atoms with Crippen LogP contribution in [0.4, 0.5) is 11.4 Å². The minimum absolute atomic E-state index is 0.0351. The molecule has 0 aliphatic heterocycles. The van der Waals surface area contributed by atoms with Crippen molar-refractivity contribution in [1.82, 2.24) is 0 Å². The lowest BCUT2D eigenvalue weighted by atomic mass is 10.1. The fourth-order valence-corrected chi connectivity index (χ4v) is 2.01. The van der Waals surface area contributed by atoms with Gasteiger partial charge in [0.1, 0.15) is 0 Å². The van der Waals surface area contributed by atoms with E-state index in [2.05, 4.69) is 5.32 Å². The normalized spacial score (nSPS) is 10.1. The van der Waals surface area contributed by atoms with Crippen LogP contribution in [0.15, 0.2) is 42.5 Å². The van der Waals surface area contributed by atoms with E-state index in [4.69, 9.17) is 9.47 Å². The fraction of sp³-hybridized carbons (Fsp3) is 0.235. The van der Waals surface area contributed by atoms with Crippen molar-refractivity contribution >= 4 is 17.3 Å². The van der Waals surface area contributed by atoms with Gasteiger partial charge in [0, 0.05) is 23.4 Å². The smallest absolute Gasteiger partial charge is 0.269 e. The topological polar surface area (TPSA) is 90.7 Å². The van der Waals surface area contributed by atoms with E-state index < -0.39 is 4.92 Å². The van der Waals surface area contributed by atoms with Crippen LogP contribution in [-0.2, 0) is 0 Å². The molecule has 0 aliphatic rings. The van der Waals surface area contributed by atoms with Crippen molar-refractivity contribution in [3.05, 3.63) is 58.1 Å². The Kier molecular flexibility index (Phi) is 5.73. The lowest BCUT2D eigenvalue weighted by molar-refractivity contribution is -0.384. The zero-order chi connectivity index (χ0) is 17.5. The highest BCUT2D eigenvalue weighted by Gasteiger charge is 2.12. The molecule has 2 aromatic rings. The highest BCUT2D eigenvalue weighted by Crippen LogP contribution is 2.28. The molecule has 1 N–H and O–H groups in total. The summed E-state index contributed by atoms with van der Waals surface area (Å²) in [5.74, 6) is 0.704. The second-order valence-electron chi connectivity index (χ2n) is 4.97. The Bertz CT molecular complexity index is 728. The number of carbonyl (C=O) groups excluding carboxylic acids is 1. The van der Waals surface area contributed by atoms with Crippen LogP contribution < -0.4 is 14.8 Å². The summed E-state index contributed by atoms with van der Waals surface area (Å²) in [7, 11) is 1.51. The summed E-state index contributed by atoms with van der Waals surface area (Å²) in [5, 5.41) is 13.3. The Morgan fingerprint density at radius 2 is 1.88 bits per heavy atom. The molecule has 0 spiro atoms. The summed E-state index contributed by atoms with van der Waals surface area (Å²) >= 11 is 0. The third-order valence-electron chi connectivity index (χ3n) is 3.22. The lowest BCUT2D eigenvalue weighted by Crippen LogP contribution is -2.12. The number of hydrogen-bond acceptors (Lipinski definition) is 5. The minimum Gasteiger partial charge on any atom is -0.493 e. The number of methoxy groups -OCH3 is 1. The number of nitrogens with one attached hydrogen (secondary N) is 1. The fourth-order valence-electron chi connectivity index (χ4n) is 2.01. The highest BCUT2D eigenvalue weighted by molar-refractivity contribution is 6.04. The summed E-state index contributed by atoms with van der Waals surface area (Å²) in [5.41, 5.74) is 0.831. The molecule has 0 bridgehead atoms. The zero-order valence-corrected chi connectivity index (χ0v) is 13.4. The van der Waals surface area contributed by atoms with Crippen LogP contribution in [0.2, 0.25) is 0 Å². The number of nitro groups is 1. The second-order valence-corrected chi connectivity index (χ2v) is 4.97. The molecule has 0 atom stereocenters. The molecule has 126 valence electrons. The summed E-state index contributed by atoms with van der Waals surface area (Å²) in [6.07, 6.45) is 0.867. The van der Waals surface area contributed by atoms with Crippen molar-refractivity contribution in [3.63, 3.8) is 0 Å². The van der Waals surface area contributed by atoms with E-state index >= 15 is 0 Å². The first-order valence-electron chi connectivity index (χ1n) is 7.41. The minimum atomic E-state index is -0.495. The maximum Gasteiger partial charge on any atom is 0.269 e. The van der Waals surface area contributed by atoms with Gasteiger partial charge < -0.3 is 14.8 Å². The molecule has 2 rings (SSSR count). The molecular formula is C17H18N2O5. The predicted molar refractivity (Wildman–Crippen MR) is 89.8 cm³/mol. The molecule has 1 amide bonds. The van der Waals surface area contributed by atoms with Crippen LogP contribution >= 0.6 is 0 Å². The Morgan fingerprint density at radius 3 is 2.46 bits per heavy atom. The van der Waals surface area contributed by atoms with Gasteiger partial charge in [0.2, 0.25) is 0 Å². The number of ether oxygens (including phenoxy) is 2. The maximum atomic E-state index is 12.3. The number of hydrogen-bond donors (Lipinski definition) is 1. The molecule has 0 saturated heterocycles. The molecule has 7 nitrogen and oxygen atoms in total. The number of rotatable bonds is 7. The van der Waals surface area contributed by atoms with E-state index in [-0.39, 0.29) is 11.6 Å². The molecular weight excluding hydrogens is 312 g/mol. The van der Waals surface area contributed by atoms with Gasteiger partial charge >= 0.3 is 0 Å². The van der Waals surface area contributed by atoms with Crippen LogP contribution in [0.5, 0.6) is 11.5 Å². The van der Waals surface area contributed by atoms with Gasteiger partial charge in [-0.15, -0.1) is 0 Å². The Balaban J connectivity index is 2.12. The van der Waals surface area contributed by atoms with Gasteiger partial charge in [-0.25, -0.2) is 0 Å². The first-order valence-corrected chi connectivity index (χ1v) is 7.41. The summed E-state index contributed by atoms with van der Waals surface area (Å²) in [4.78, 5) is 22.4. The summed E-state index contributed by atoms with van der Waals surface area (Å²) in [6, 6.07) is 10.5. The highest BCUT2D eigenvalue weighted by atomic mass is 16.6. The molecule has 7 heteroatoms. The number of benzene rings is 2. The third-order valence-corrected chi connectivity index (χ3v) is 3.22. The molecule has 24 heavy (non-hydrogen) atoms. The average molecular weight is 330 g/mol. The van der Waals surface area contributed by atoms with Gasteiger partial charge in [0.15, 0.2) is 11.5 Å². The van der Waals surface area contributed by atoms with Crippen LogP contribution in [-0.4, -0.2) is 24.5 Å². The van der Waals surface area contributed by atoms with E-state index in [9.17, 15) is 14.9 Å². The molecule has 0 radical (unpaired) electrons. The second kappa shape index (κ2) is 7.96. The van der Waals surface area contributed by atoms with E-state index in [0.717, 1.165) is 6.42 Å². The van der Waals surface area contributed by atoms with Gasteiger partial charge in [-0.3, -0.25) is 14.9 Å². The SMILES string of the molecule is CCCOc1ccc(C(=O)Nc2ccc([N+](=O)[O-])cc2)cc1OC. The molecule has 0 saturated carbocycles. The van der Waals surface area contributed by atoms with Crippen molar-refractivity contribution in [1.29, 1.82) is 0 Å². The van der Waals surface area contributed by atoms with Crippen LogP contribution in [0.25, 0.3) is 0 Å². The van der Waals surface area contributed by atoms with Crippen molar-refractivity contribution < 1.29 is 19.2 Å². The summed E-state index contributed by atoms with van der Waals surface area (Å²) < 4.78 is 10.8. The van der Waals surface area contributed by atoms with Crippen molar-refractivity contribution in [3.8, 4) is 11.5 Å². The van der Waals surface area contributed by atoms with Gasteiger partial charge in [-0.1, -0.05) is 6.92 Å². The van der Waals surface area contributed by atoms with E-state index in [1.54, 1.807) is 18.2 Å². The molecule has 0 aliphatic carbocycles. The Hall–Kier alpha value is -3.09. The average Bonchev–Trinajstić information content (AvgIpc) is 2.60. The van der Waals surface area contributed by atoms with Crippen LogP contribution in [0, 0.1) is 10.1 Å². The standard InChI is InChI=1S/C17H18N2O5/c1-3-10-24-15-9-4-12(11-16(15)23-2)17(20)18-13-5-7-14(8-6-13)19(21)22/h4-9,11H,3,10H2,1-2H3,(H,18,20). The monoisotopic (exact) mass is 330 g/mol. The summed E-state index contributed by atoms with van der Waals surface area (Å²) in [6.45, 7) is 2.56. The number of amides is 1. The number of nitrogens with zero attached hydrogens (tertiary/aromatic N) is 1. The molecule has 0 aromatic heterocycles. The number of non-ortho nitro benzene ring substituents is 1. The molecule has 2 aromatic carbocycles. The van der Waals surface area contributed by atoms with Gasteiger partial charge in [0.05, 0.1) is 18.6 Å². The van der Waals surface area contributed by atoms with Crippen molar-refractivity contribution in [2.24, 2.45) is 0 Å². The van der Waals surface area contributed by atoms with E-state index in [1.807, 2.05) is 6.92 Å². The number of carbonyl (C=O) groups is 1. The predicted octanol–water partition coefficient (Wildman–Crippen LogP) is 3.64. The first kappa shape index (κ1) is 17.3. The number of nitro benzene ring substituents is 1. The van der Waals surface area contributed by atoms with E-state index in [0.29, 0.717) is 29.4 Å². The van der Waals surface area contributed by atoms with Crippen molar-refractivity contribution in [2.45, 2.75) is 13.3 Å². The van der Waals surface area contributed by atoms with Crippen molar-refractivity contribution in [2.75, 3.05) is 19.0 Å². The van der Waals surface area contributed by atoms with Gasteiger partial charge in [0.25, 0.3) is 11.6 Å². The molecule has 0 heterocycles. The van der Waals surface area contributed by atoms with Crippen LogP contribution in [0.3, 0.4) is 0 Å². The quantitative estimate of drug-likeness (QED) is 0.618. The maximum absolute atomic E-state index is 12.3. The zero-order valence-electron chi connectivity index (χ0n) is 13.4. The number of anilines is 1. The van der Waals surface area contributed by atoms with E-state index in [1.165, 1.54) is 31.4 Å². The van der Waals surface area contributed by atoms with Crippen LogP contribution in [0.1, 0.15) is 23.7 Å². The largest absolute Gasteiger partial charge is 0.493 e. The molecule has 0 unspecified atom stereocenters. The van der Waals surface area contributed by atoms with Gasteiger partial charge in [-0.2, -0.15) is 0 Å².